The van der Waals surface area contributed by atoms with Gasteiger partial charge in [0.05, 0.1) is 6.54 Å². The first-order valence-corrected chi connectivity index (χ1v) is 8.98. The van der Waals surface area contributed by atoms with Crippen LogP contribution in [0.2, 0.25) is 0 Å². The molecule has 2 amide bonds. The number of ether oxygens (including phenoxy) is 1. The lowest BCUT2D eigenvalue weighted by atomic mass is 10.2. The van der Waals surface area contributed by atoms with Crippen molar-refractivity contribution in [3.05, 3.63) is 42.7 Å². The number of nitrogens with zero attached hydrogens (tertiary/aromatic N) is 2. The minimum atomic E-state index is -0.672. The maximum atomic E-state index is 11.9. The number of unbranched alkanes of at least 4 members (excludes halogenated alkanes) is 3. The van der Waals surface area contributed by atoms with Gasteiger partial charge in [-0.25, -0.2) is 0 Å². The van der Waals surface area contributed by atoms with E-state index in [0.29, 0.717) is 31.1 Å². The van der Waals surface area contributed by atoms with Crippen molar-refractivity contribution in [1.82, 2.24) is 15.1 Å². The van der Waals surface area contributed by atoms with Gasteiger partial charge in [0.15, 0.2) is 0 Å². The van der Waals surface area contributed by atoms with Gasteiger partial charge in [-0.15, -0.1) is 0 Å². The number of aromatic nitrogens is 2. The smallest absolute Gasteiger partial charge is 0.313 e. The Labute approximate surface area is 153 Å². The molecule has 0 aliphatic heterocycles. The Bertz CT molecular complexity index is 686. The van der Waals surface area contributed by atoms with Crippen LogP contribution in [0.1, 0.15) is 32.6 Å². The number of benzene rings is 1. The van der Waals surface area contributed by atoms with Crippen LogP contribution in [0.15, 0.2) is 42.7 Å². The molecule has 0 fully saturated rings. The third kappa shape index (κ3) is 6.96. The Balaban J connectivity index is 1.74. The molecular weight excluding hydrogens is 332 g/mol. The van der Waals surface area contributed by atoms with E-state index in [-0.39, 0.29) is 0 Å². The minimum Gasteiger partial charge on any atom is -0.492 e. The standard InChI is InChI=1S/C19H26N4O3/c1-2-3-4-5-10-20-18(24)19(25)22-16-8-6-9-17(15-16)26-14-13-23-12-7-11-21-23/h6-9,11-12,15H,2-5,10,13-14H2,1H3,(H,20,24)(H,22,25). The van der Waals surface area contributed by atoms with Crippen molar-refractivity contribution in [2.24, 2.45) is 0 Å². The molecule has 0 saturated heterocycles. The fourth-order valence-corrected chi connectivity index (χ4v) is 2.38. The molecule has 1 aromatic carbocycles. The third-order valence-electron chi connectivity index (χ3n) is 3.76. The fourth-order valence-electron chi connectivity index (χ4n) is 2.38. The highest BCUT2D eigenvalue weighted by molar-refractivity contribution is 6.39. The van der Waals surface area contributed by atoms with Gasteiger partial charge in [-0.2, -0.15) is 5.10 Å². The van der Waals surface area contributed by atoms with Crippen molar-refractivity contribution in [3.63, 3.8) is 0 Å². The minimum absolute atomic E-state index is 0.456. The predicted octanol–water partition coefficient (Wildman–Crippen LogP) is 2.60. The fraction of sp³-hybridized carbons (Fsp3) is 0.421. The molecular formula is C19H26N4O3. The van der Waals surface area contributed by atoms with E-state index in [1.807, 2.05) is 12.3 Å². The summed E-state index contributed by atoms with van der Waals surface area (Å²) in [5.74, 6) is -0.671. The molecule has 0 unspecified atom stereocenters. The largest absolute Gasteiger partial charge is 0.492 e. The number of anilines is 1. The molecule has 2 aromatic rings. The van der Waals surface area contributed by atoms with E-state index in [1.54, 1.807) is 35.1 Å². The van der Waals surface area contributed by atoms with Crippen molar-refractivity contribution in [3.8, 4) is 5.75 Å². The molecule has 1 heterocycles. The van der Waals surface area contributed by atoms with Crippen LogP contribution >= 0.6 is 0 Å². The quantitative estimate of drug-likeness (QED) is 0.505. The maximum Gasteiger partial charge on any atom is 0.313 e. The van der Waals surface area contributed by atoms with Gasteiger partial charge in [0.1, 0.15) is 12.4 Å². The number of rotatable bonds is 10. The number of amides is 2. The Morgan fingerprint density at radius 1 is 1.15 bits per heavy atom. The van der Waals surface area contributed by atoms with Gasteiger partial charge in [-0.3, -0.25) is 14.3 Å². The van der Waals surface area contributed by atoms with E-state index >= 15 is 0 Å². The molecule has 0 radical (unpaired) electrons. The number of nitrogens with one attached hydrogen (secondary N) is 2. The highest BCUT2D eigenvalue weighted by Crippen LogP contribution is 2.17. The maximum absolute atomic E-state index is 11.9. The summed E-state index contributed by atoms with van der Waals surface area (Å²) in [6.07, 6.45) is 7.78. The summed E-state index contributed by atoms with van der Waals surface area (Å²) in [4.78, 5) is 23.7. The number of carbonyl (C=O) groups is 2. The monoisotopic (exact) mass is 358 g/mol. The molecule has 7 heteroatoms. The molecule has 2 N–H and O–H groups in total. The second-order valence-corrected chi connectivity index (χ2v) is 5.92. The van der Waals surface area contributed by atoms with Crippen LogP contribution in [-0.4, -0.2) is 34.7 Å². The van der Waals surface area contributed by atoms with Crippen molar-refractivity contribution < 1.29 is 14.3 Å². The molecule has 26 heavy (non-hydrogen) atoms. The average molecular weight is 358 g/mol. The molecule has 2 rings (SSSR count). The second kappa shape index (κ2) is 10.9. The molecule has 0 bridgehead atoms. The van der Waals surface area contributed by atoms with Gasteiger partial charge in [-0.05, 0) is 24.6 Å². The van der Waals surface area contributed by atoms with Crippen LogP contribution in [-0.2, 0) is 16.1 Å². The van der Waals surface area contributed by atoms with Crippen LogP contribution in [0.3, 0.4) is 0 Å². The SMILES string of the molecule is CCCCCCNC(=O)C(=O)Nc1cccc(OCCn2cccn2)c1. The summed E-state index contributed by atoms with van der Waals surface area (Å²) in [6, 6.07) is 8.82. The summed E-state index contributed by atoms with van der Waals surface area (Å²) in [7, 11) is 0. The normalized spacial score (nSPS) is 10.3. The Morgan fingerprint density at radius 3 is 2.81 bits per heavy atom. The topological polar surface area (TPSA) is 85.3 Å². The number of hydrogen-bond donors (Lipinski definition) is 2. The highest BCUT2D eigenvalue weighted by Gasteiger charge is 2.13. The van der Waals surface area contributed by atoms with E-state index < -0.39 is 11.8 Å². The zero-order chi connectivity index (χ0) is 18.6. The zero-order valence-corrected chi connectivity index (χ0v) is 15.1. The van der Waals surface area contributed by atoms with E-state index in [1.165, 1.54) is 0 Å². The summed E-state index contributed by atoms with van der Waals surface area (Å²) in [5, 5.41) is 9.32. The summed E-state index contributed by atoms with van der Waals surface area (Å²) in [5.41, 5.74) is 0.521. The van der Waals surface area contributed by atoms with Crippen LogP contribution in [0.5, 0.6) is 5.75 Å². The van der Waals surface area contributed by atoms with Crippen LogP contribution in [0.25, 0.3) is 0 Å². The average Bonchev–Trinajstić information content (AvgIpc) is 3.15. The van der Waals surface area contributed by atoms with Crippen molar-refractivity contribution in [1.29, 1.82) is 0 Å². The molecule has 0 aliphatic rings. The second-order valence-electron chi connectivity index (χ2n) is 5.92. The summed E-state index contributed by atoms with van der Waals surface area (Å²) < 4.78 is 7.43. The van der Waals surface area contributed by atoms with Crippen molar-refractivity contribution >= 4 is 17.5 Å². The van der Waals surface area contributed by atoms with Gasteiger partial charge < -0.3 is 15.4 Å². The zero-order valence-electron chi connectivity index (χ0n) is 15.1. The van der Waals surface area contributed by atoms with Gasteiger partial charge >= 0.3 is 11.8 Å². The van der Waals surface area contributed by atoms with Gasteiger partial charge in [-0.1, -0.05) is 32.3 Å². The van der Waals surface area contributed by atoms with Crippen molar-refractivity contribution in [2.45, 2.75) is 39.2 Å². The van der Waals surface area contributed by atoms with Crippen LogP contribution in [0, 0.1) is 0 Å². The Kier molecular flexibility index (Phi) is 8.18. The Morgan fingerprint density at radius 2 is 2.04 bits per heavy atom. The molecule has 7 nitrogen and oxygen atoms in total. The lowest BCUT2D eigenvalue weighted by molar-refractivity contribution is -0.136. The molecule has 0 aliphatic carbocycles. The number of hydrogen-bond acceptors (Lipinski definition) is 4. The third-order valence-corrected chi connectivity index (χ3v) is 3.76. The number of carbonyl (C=O) groups excluding carboxylic acids is 2. The molecule has 140 valence electrons. The van der Waals surface area contributed by atoms with Gasteiger partial charge in [0, 0.05) is 30.7 Å². The Hall–Kier alpha value is -2.83. The lowest BCUT2D eigenvalue weighted by Crippen LogP contribution is -2.35. The van der Waals surface area contributed by atoms with Gasteiger partial charge in [0.2, 0.25) is 0 Å². The summed E-state index contributed by atoms with van der Waals surface area (Å²) in [6.45, 7) is 3.73. The van der Waals surface area contributed by atoms with E-state index in [4.69, 9.17) is 4.74 Å². The van der Waals surface area contributed by atoms with Crippen LogP contribution in [0.4, 0.5) is 5.69 Å². The van der Waals surface area contributed by atoms with E-state index in [2.05, 4.69) is 22.7 Å². The van der Waals surface area contributed by atoms with Crippen molar-refractivity contribution in [2.75, 3.05) is 18.5 Å². The van der Waals surface area contributed by atoms with Gasteiger partial charge in [0.25, 0.3) is 0 Å². The van der Waals surface area contributed by atoms with E-state index in [9.17, 15) is 9.59 Å². The summed E-state index contributed by atoms with van der Waals surface area (Å²) >= 11 is 0. The van der Waals surface area contributed by atoms with Crippen LogP contribution < -0.4 is 15.4 Å². The molecule has 1 aromatic heterocycles. The molecule has 0 atom stereocenters. The first-order valence-electron chi connectivity index (χ1n) is 8.98. The predicted molar refractivity (Wildman–Crippen MR) is 99.9 cm³/mol. The molecule has 0 saturated carbocycles. The highest BCUT2D eigenvalue weighted by atomic mass is 16.5. The van der Waals surface area contributed by atoms with E-state index in [0.717, 1.165) is 25.7 Å². The first kappa shape index (κ1) is 19.5. The molecule has 0 spiro atoms. The first-order chi connectivity index (χ1) is 12.7. The lowest BCUT2D eigenvalue weighted by Gasteiger charge is -2.09.